The summed E-state index contributed by atoms with van der Waals surface area (Å²) >= 11 is 1.74. The largest absolute Gasteiger partial charge is 0.340 e. The highest BCUT2D eigenvalue weighted by atomic mass is 32.2. The van der Waals surface area contributed by atoms with Gasteiger partial charge in [0.2, 0.25) is 0 Å². The van der Waals surface area contributed by atoms with Gasteiger partial charge in [0.05, 0.1) is 34.7 Å². The van der Waals surface area contributed by atoms with Gasteiger partial charge in [0, 0.05) is 7.05 Å². The molecular weight excluding hydrogens is 336 g/mol. The van der Waals surface area contributed by atoms with Gasteiger partial charge in [-0.1, -0.05) is 12.1 Å². The first kappa shape index (κ1) is 17.3. The Kier molecular flexibility index (Phi) is 5.28. The summed E-state index contributed by atoms with van der Waals surface area (Å²) in [7, 11) is 1.84. The Labute approximate surface area is 150 Å². The van der Waals surface area contributed by atoms with Gasteiger partial charge >= 0.3 is 6.03 Å². The Morgan fingerprint density at radius 3 is 2.88 bits per heavy atom. The number of rotatable bonds is 6. The van der Waals surface area contributed by atoms with E-state index < -0.39 is 0 Å². The maximum Gasteiger partial charge on any atom is 0.319 e. The summed E-state index contributed by atoms with van der Waals surface area (Å²) in [6, 6.07) is 7.41. The van der Waals surface area contributed by atoms with Crippen molar-refractivity contribution in [2.75, 3.05) is 17.3 Å². The van der Waals surface area contributed by atoms with E-state index in [9.17, 15) is 4.79 Å². The molecule has 0 aliphatic rings. The van der Waals surface area contributed by atoms with Crippen molar-refractivity contribution in [3.05, 3.63) is 42.0 Å². The highest BCUT2D eigenvalue weighted by molar-refractivity contribution is 7.98. The number of carbonyl (C=O) groups excluding carboxylic acids is 1. The van der Waals surface area contributed by atoms with Gasteiger partial charge in [0.15, 0.2) is 0 Å². The lowest BCUT2D eigenvalue weighted by Gasteiger charge is -2.16. The van der Waals surface area contributed by atoms with Crippen molar-refractivity contribution in [3.63, 3.8) is 0 Å². The topological polar surface area (TPSA) is 87.6 Å². The predicted octanol–water partition coefficient (Wildman–Crippen LogP) is 3.22. The molecule has 3 rings (SSSR count). The summed E-state index contributed by atoms with van der Waals surface area (Å²) in [5.74, 6) is 1.70. The van der Waals surface area contributed by atoms with E-state index in [4.69, 9.17) is 0 Å². The molecular formula is C17H22N6OS. The molecule has 0 saturated carbocycles. The standard InChI is InChI=1S/C17H22N6OS/c1-11-15(10-18-23(11)2)22-17(24)21-14(8-9-25-3)16-19-12-6-4-5-7-13(12)20-16/h4-7,10,14H,8-9H2,1-3H3,(H,19,20)(H2,21,22,24)/t14-/m0/s1. The number of hydrogen-bond donors (Lipinski definition) is 3. The fraction of sp³-hybridized carbons (Fsp3) is 0.353. The smallest absolute Gasteiger partial charge is 0.319 e. The van der Waals surface area contributed by atoms with Gasteiger partial charge in [0.1, 0.15) is 5.82 Å². The van der Waals surface area contributed by atoms with Gasteiger partial charge in [-0.25, -0.2) is 9.78 Å². The lowest BCUT2D eigenvalue weighted by atomic mass is 10.2. The number of benzene rings is 1. The second-order valence-electron chi connectivity index (χ2n) is 5.84. The molecule has 3 aromatic rings. The number of nitrogens with one attached hydrogen (secondary N) is 3. The van der Waals surface area contributed by atoms with Crippen LogP contribution >= 0.6 is 11.8 Å². The zero-order valence-electron chi connectivity index (χ0n) is 14.5. The van der Waals surface area contributed by atoms with Crippen molar-refractivity contribution in [3.8, 4) is 0 Å². The Bertz CT molecular complexity index is 838. The van der Waals surface area contributed by atoms with E-state index in [2.05, 4.69) is 32.0 Å². The third-order valence-electron chi connectivity index (χ3n) is 4.14. The maximum atomic E-state index is 12.4. The molecule has 0 aliphatic heterocycles. The molecule has 0 fully saturated rings. The van der Waals surface area contributed by atoms with Crippen LogP contribution in [0.25, 0.3) is 11.0 Å². The lowest BCUT2D eigenvalue weighted by molar-refractivity contribution is 0.247. The Morgan fingerprint density at radius 2 is 2.20 bits per heavy atom. The zero-order valence-corrected chi connectivity index (χ0v) is 15.4. The number of thioether (sulfide) groups is 1. The van der Waals surface area contributed by atoms with Crippen LogP contribution in [0.5, 0.6) is 0 Å². The van der Waals surface area contributed by atoms with Crippen molar-refractivity contribution in [2.45, 2.75) is 19.4 Å². The number of para-hydroxylation sites is 2. The first-order valence-corrected chi connectivity index (χ1v) is 9.47. The summed E-state index contributed by atoms with van der Waals surface area (Å²) in [4.78, 5) is 20.4. The molecule has 0 unspecified atom stereocenters. The minimum atomic E-state index is -0.261. The summed E-state index contributed by atoms with van der Waals surface area (Å²) in [5, 5.41) is 10.0. The van der Waals surface area contributed by atoms with Crippen LogP contribution in [0.3, 0.4) is 0 Å². The first-order chi connectivity index (χ1) is 12.1. The fourth-order valence-corrected chi connectivity index (χ4v) is 3.06. The normalized spacial score (nSPS) is 12.3. The van der Waals surface area contributed by atoms with E-state index in [0.29, 0.717) is 5.69 Å². The molecule has 2 heterocycles. The van der Waals surface area contributed by atoms with Crippen LogP contribution in [-0.4, -0.2) is 37.8 Å². The van der Waals surface area contributed by atoms with Crippen LogP contribution in [-0.2, 0) is 7.05 Å². The average Bonchev–Trinajstić information content (AvgIpc) is 3.17. The van der Waals surface area contributed by atoms with E-state index in [1.807, 2.05) is 38.2 Å². The molecule has 25 heavy (non-hydrogen) atoms. The highest BCUT2D eigenvalue weighted by Crippen LogP contribution is 2.20. The predicted molar refractivity (Wildman–Crippen MR) is 102 cm³/mol. The molecule has 1 aromatic carbocycles. The molecule has 0 saturated heterocycles. The molecule has 0 radical (unpaired) electrons. The van der Waals surface area contributed by atoms with E-state index >= 15 is 0 Å². The molecule has 132 valence electrons. The second kappa shape index (κ2) is 7.60. The number of amides is 2. The number of H-pyrrole nitrogens is 1. The van der Waals surface area contributed by atoms with Crippen LogP contribution in [0.15, 0.2) is 30.5 Å². The SMILES string of the molecule is CSCC[C@H](NC(=O)Nc1cnn(C)c1C)c1nc2ccccc2[nH]1. The van der Waals surface area contributed by atoms with Gasteiger partial charge in [-0.2, -0.15) is 16.9 Å². The first-order valence-electron chi connectivity index (χ1n) is 8.08. The number of fused-ring (bicyclic) bond motifs is 1. The molecule has 0 aliphatic carbocycles. The molecule has 3 N–H and O–H groups in total. The number of aromatic amines is 1. The van der Waals surface area contributed by atoms with Crippen LogP contribution in [0, 0.1) is 6.92 Å². The van der Waals surface area contributed by atoms with Gasteiger partial charge in [-0.15, -0.1) is 0 Å². The summed E-state index contributed by atoms with van der Waals surface area (Å²) in [6.07, 6.45) is 4.49. The summed E-state index contributed by atoms with van der Waals surface area (Å²) in [6.45, 7) is 1.91. The third kappa shape index (κ3) is 3.96. The van der Waals surface area contributed by atoms with Crippen molar-refractivity contribution < 1.29 is 4.79 Å². The Morgan fingerprint density at radius 1 is 1.40 bits per heavy atom. The fourth-order valence-electron chi connectivity index (χ4n) is 2.59. The van der Waals surface area contributed by atoms with Crippen LogP contribution in [0.4, 0.5) is 10.5 Å². The molecule has 8 heteroatoms. The number of urea groups is 1. The van der Waals surface area contributed by atoms with Gasteiger partial charge in [-0.05, 0) is 37.5 Å². The summed E-state index contributed by atoms with van der Waals surface area (Å²) < 4.78 is 1.72. The number of imidazole rings is 1. The van der Waals surface area contributed by atoms with E-state index in [1.165, 1.54) is 0 Å². The second-order valence-corrected chi connectivity index (χ2v) is 6.82. The lowest BCUT2D eigenvalue weighted by Crippen LogP contribution is -2.33. The average molecular weight is 358 g/mol. The Balaban J connectivity index is 1.75. The van der Waals surface area contributed by atoms with Crippen molar-refractivity contribution in [1.82, 2.24) is 25.1 Å². The molecule has 2 amide bonds. The molecule has 2 aromatic heterocycles. The number of aromatic nitrogens is 4. The van der Waals surface area contributed by atoms with Gasteiger partial charge in [0.25, 0.3) is 0 Å². The zero-order chi connectivity index (χ0) is 17.8. The van der Waals surface area contributed by atoms with E-state index in [-0.39, 0.29) is 12.1 Å². The van der Waals surface area contributed by atoms with Crippen LogP contribution in [0.2, 0.25) is 0 Å². The van der Waals surface area contributed by atoms with Crippen LogP contribution in [0.1, 0.15) is 24.0 Å². The van der Waals surface area contributed by atoms with Crippen LogP contribution < -0.4 is 10.6 Å². The number of anilines is 1. The van der Waals surface area contributed by atoms with Gasteiger partial charge in [-0.3, -0.25) is 4.68 Å². The monoisotopic (exact) mass is 358 g/mol. The number of hydrogen-bond acceptors (Lipinski definition) is 4. The molecule has 7 nitrogen and oxygen atoms in total. The maximum absolute atomic E-state index is 12.4. The summed E-state index contributed by atoms with van der Waals surface area (Å²) in [5.41, 5.74) is 3.47. The van der Waals surface area contributed by atoms with Crippen molar-refractivity contribution in [1.29, 1.82) is 0 Å². The van der Waals surface area contributed by atoms with E-state index in [0.717, 1.165) is 34.7 Å². The highest BCUT2D eigenvalue weighted by Gasteiger charge is 2.19. The minimum Gasteiger partial charge on any atom is -0.340 e. The number of aryl methyl sites for hydroxylation is 1. The quantitative estimate of drug-likeness (QED) is 0.631. The number of nitrogens with zero attached hydrogens (tertiary/aromatic N) is 3. The van der Waals surface area contributed by atoms with Crippen molar-refractivity contribution in [2.24, 2.45) is 7.05 Å². The minimum absolute atomic E-state index is 0.183. The molecule has 0 spiro atoms. The van der Waals surface area contributed by atoms with Gasteiger partial charge < -0.3 is 15.6 Å². The molecule has 1 atom stereocenters. The van der Waals surface area contributed by atoms with E-state index in [1.54, 1.807) is 22.6 Å². The molecule has 0 bridgehead atoms. The van der Waals surface area contributed by atoms with Crippen molar-refractivity contribution >= 4 is 34.5 Å². The Hall–Kier alpha value is -2.48. The number of carbonyl (C=O) groups is 1. The third-order valence-corrected chi connectivity index (χ3v) is 4.78.